The molecule has 1 atom stereocenters. The van der Waals surface area contributed by atoms with Gasteiger partial charge in [0.05, 0.1) is 12.0 Å². The van der Waals surface area contributed by atoms with Gasteiger partial charge in [-0.1, -0.05) is 30.3 Å². The van der Waals surface area contributed by atoms with Crippen LogP contribution in [0.3, 0.4) is 0 Å². The zero-order chi connectivity index (χ0) is 21.5. The Morgan fingerprint density at radius 3 is 2.50 bits per heavy atom. The van der Waals surface area contributed by atoms with Crippen LogP contribution in [-0.4, -0.2) is 49.5 Å². The van der Waals surface area contributed by atoms with Crippen molar-refractivity contribution < 1.29 is 22.7 Å². The molecular weight excluding hydrogens is 404 g/mol. The number of aromatic nitrogens is 1. The number of methoxy groups -OCH3 is 1. The fourth-order valence-electron chi connectivity index (χ4n) is 3.47. The van der Waals surface area contributed by atoms with Crippen LogP contribution in [0.15, 0.2) is 71.8 Å². The zero-order valence-electron chi connectivity index (χ0n) is 16.3. The molecule has 30 heavy (non-hydrogen) atoms. The second-order valence-corrected chi connectivity index (χ2v) is 8.78. The zero-order valence-corrected chi connectivity index (χ0v) is 17.1. The van der Waals surface area contributed by atoms with Crippen LogP contribution in [0, 0.1) is 0 Å². The molecule has 1 aliphatic heterocycles. The van der Waals surface area contributed by atoms with Gasteiger partial charge in [-0.05, 0) is 29.8 Å². The number of pyridine rings is 1. The van der Waals surface area contributed by atoms with Gasteiger partial charge < -0.3 is 4.74 Å². The van der Waals surface area contributed by atoms with Crippen LogP contribution in [0.25, 0.3) is 11.1 Å². The van der Waals surface area contributed by atoms with Gasteiger partial charge in [-0.25, -0.2) is 13.4 Å². The number of carbonyl (C=O) groups excluding carboxylic acids is 2. The molecule has 2 aromatic carbocycles. The average Bonchev–Trinajstić information content (AvgIpc) is 2.78. The number of hydrogen-bond acceptors (Lipinski definition) is 6. The lowest BCUT2D eigenvalue weighted by atomic mass is 9.94. The SMILES string of the molecule is COc1ccc(-c2cccc(C(=O)C3C(=O)c4ccccc4S(=O)(=O)N3C)c2)cn1. The molecule has 0 saturated heterocycles. The van der Waals surface area contributed by atoms with Gasteiger partial charge in [-0.2, -0.15) is 4.31 Å². The number of rotatable bonds is 4. The Balaban J connectivity index is 1.74. The first-order valence-electron chi connectivity index (χ1n) is 9.10. The summed E-state index contributed by atoms with van der Waals surface area (Å²) in [6.07, 6.45) is 1.61. The van der Waals surface area contributed by atoms with E-state index in [-0.39, 0.29) is 16.0 Å². The molecule has 4 rings (SSSR count). The Hall–Kier alpha value is -3.36. The van der Waals surface area contributed by atoms with Crippen molar-refractivity contribution in [3.63, 3.8) is 0 Å². The van der Waals surface area contributed by atoms with Gasteiger partial charge in [0.1, 0.15) is 0 Å². The molecule has 0 N–H and O–H groups in total. The van der Waals surface area contributed by atoms with E-state index in [9.17, 15) is 18.0 Å². The number of benzene rings is 2. The van der Waals surface area contributed by atoms with Crippen molar-refractivity contribution in [3.05, 3.63) is 78.0 Å². The van der Waals surface area contributed by atoms with Crippen molar-refractivity contribution in [2.75, 3.05) is 14.2 Å². The van der Waals surface area contributed by atoms with E-state index >= 15 is 0 Å². The molecule has 3 aromatic rings. The van der Waals surface area contributed by atoms with E-state index in [1.807, 2.05) is 0 Å². The molecule has 0 radical (unpaired) electrons. The minimum absolute atomic E-state index is 0.0319. The third-order valence-electron chi connectivity index (χ3n) is 5.10. The average molecular weight is 422 g/mol. The van der Waals surface area contributed by atoms with E-state index in [1.54, 1.807) is 54.7 Å². The summed E-state index contributed by atoms with van der Waals surface area (Å²) < 4.78 is 31.6. The van der Waals surface area contributed by atoms with Gasteiger partial charge in [-0.15, -0.1) is 0 Å². The third-order valence-corrected chi connectivity index (χ3v) is 6.98. The molecule has 0 saturated carbocycles. The van der Waals surface area contributed by atoms with E-state index in [1.165, 1.54) is 26.3 Å². The molecule has 1 aliphatic rings. The molecule has 0 spiro atoms. The summed E-state index contributed by atoms with van der Waals surface area (Å²) in [5.74, 6) is -0.655. The quantitative estimate of drug-likeness (QED) is 0.474. The topological polar surface area (TPSA) is 93.6 Å². The maximum Gasteiger partial charge on any atom is 0.244 e. The normalized spacial score (nSPS) is 17.9. The Labute approximate surface area is 174 Å². The predicted molar refractivity (Wildman–Crippen MR) is 110 cm³/mol. The van der Waals surface area contributed by atoms with E-state index in [4.69, 9.17) is 4.74 Å². The standard InChI is InChI=1S/C22H18N2O5S/c1-24-20(22(26)17-8-3-4-9-18(17)30(24,27)28)21(25)15-7-5-6-14(12-15)16-10-11-19(29-2)23-13-16/h3-13,20H,1-2H3. The molecule has 2 heterocycles. The first-order chi connectivity index (χ1) is 14.3. The summed E-state index contributed by atoms with van der Waals surface area (Å²) in [7, 11) is -1.19. The molecular formula is C22H18N2O5S. The molecule has 0 amide bonds. The van der Waals surface area contributed by atoms with Gasteiger partial charge in [0.15, 0.2) is 17.6 Å². The highest BCUT2D eigenvalue weighted by atomic mass is 32.2. The highest BCUT2D eigenvalue weighted by Gasteiger charge is 2.45. The van der Waals surface area contributed by atoms with Gasteiger partial charge >= 0.3 is 0 Å². The lowest BCUT2D eigenvalue weighted by Crippen LogP contribution is -2.51. The maximum absolute atomic E-state index is 13.2. The molecule has 7 nitrogen and oxygen atoms in total. The largest absolute Gasteiger partial charge is 0.481 e. The summed E-state index contributed by atoms with van der Waals surface area (Å²) in [5.41, 5.74) is 1.74. The van der Waals surface area contributed by atoms with Crippen LogP contribution >= 0.6 is 0 Å². The van der Waals surface area contributed by atoms with Gasteiger partial charge in [0, 0.05) is 36.0 Å². The highest BCUT2D eigenvalue weighted by molar-refractivity contribution is 7.89. The van der Waals surface area contributed by atoms with Crippen molar-refractivity contribution in [1.82, 2.24) is 9.29 Å². The smallest absolute Gasteiger partial charge is 0.244 e. The number of fused-ring (bicyclic) bond motifs is 1. The lowest BCUT2D eigenvalue weighted by Gasteiger charge is -2.31. The summed E-state index contributed by atoms with van der Waals surface area (Å²) >= 11 is 0. The van der Waals surface area contributed by atoms with Crippen molar-refractivity contribution in [2.45, 2.75) is 10.9 Å². The summed E-state index contributed by atoms with van der Waals surface area (Å²) in [4.78, 5) is 30.3. The van der Waals surface area contributed by atoms with Crippen LogP contribution in [-0.2, 0) is 10.0 Å². The Morgan fingerprint density at radius 1 is 1.03 bits per heavy atom. The van der Waals surface area contributed by atoms with Crippen molar-refractivity contribution in [3.8, 4) is 17.0 Å². The lowest BCUT2D eigenvalue weighted by molar-refractivity contribution is 0.0784. The molecule has 152 valence electrons. The molecule has 0 aliphatic carbocycles. The van der Waals surface area contributed by atoms with Crippen LogP contribution in [0.2, 0.25) is 0 Å². The molecule has 8 heteroatoms. The minimum Gasteiger partial charge on any atom is -0.481 e. The number of ether oxygens (including phenoxy) is 1. The second-order valence-electron chi connectivity index (χ2n) is 6.82. The number of sulfonamides is 1. The van der Waals surface area contributed by atoms with Crippen molar-refractivity contribution in [2.24, 2.45) is 0 Å². The fourth-order valence-corrected chi connectivity index (χ4v) is 4.94. The van der Waals surface area contributed by atoms with Gasteiger partial charge in [0.2, 0.25) is 15.9 Å². The van der Waals surface area contributed by atoms with E-state index in [0.717, 1.165) is 9.87 Å². The molecule has 1 aromatic heterocycles. The van der Waals surface area contributed by atoms with Crippen molar-refractivity contribution in [1.29, 1.82) is 0 Å². The van der Waals surface area contributed by atoms with E-state index in [2.05, 4.69) is 4.98 Å². The van der Waals surface area contributed by atoms with Gasteiger partial charge in [0.25, 0.3) is 0 Å². The predicted octanol–water partition coefficient (Wildman–Crippen LogP) is 2.83. The Kier molecular flexibility index (Phi) is 4.97. The number of carbonyl (C=O) groups is 2. The number of ketones is 2. The van der Waals surface area contributed by atoms with Gasteiger partial charge in [-0.3, -0.25) is 9.59 Å². The van der Waals surface area contributed by atoms with E-state index in [0.29, 0.717) is 11.4 Å². The molecule has 0 bridgehead atoms. The van der Waals surface area contributed by atoms with Crippen LogP contribution < -0.4 is 4.74 Å². The maximum atomic E-state index is 13.2. The highest BCUT2D eigenvalue weighted by Crippen LogP contribution is 2.31. The van der Waals surface area contributed by atoms with Crippen LogP contribution in [0.4, 0.5) is 0 Å². The first-order valence-corrected chi connectivity index (χ1v) is 10.5. The van der Waals surface area contributed by atoms with Crippen molar-refractivity contribution >= 4 is 21.6 Å². The number of Topliss-reactive ketones (excluding diaryl/α,β-unsaturated/α-hetero) is 2. The summed E-state index contributed by atoms with van der Waals surface area (Å²) in [6, 6.07) is 14.7. The molecule has 1 unspecified atom stereocenters. The Bertz CT molecular complexity index is 1250. The Morgan fingerprint density at radius 2 is 1.80 bits per heavy atom. The minimum atomic E-state index is -3.96. The fraction of sp³-hybridized carbons (Fsp3) is 0.136. The van der Waals surface area contributed by atoms with Crippen LogP contribution in [0.5, 0.6) is 5.88 Å². The number of hydrogen-bond donors (Lipinski definition) is 0. The monoisotopic (exact) mass is 422 g/mol. The third kappa shape index (κ3) is 3.20. The van der Waals surface area contributed by atoms with Crippen LogP contribution in [0.1, 0.15) is 20.7 Å². The second kappa shape index (κ2) is 7.47. The van der Waals surface area contributed by atoms with E-state index < -0.39 is 27.6 Å². The summed E-state index contributed by atoms with van der Waals surface area (Å²) in [5, 5.41) is 0. The molecule has 0 fully saturated rings. The first kappa shape index (κ1) is 19.9. The number of likely N-dealkylation sites (N-methyl/N-ethyl adjacent to an activating group) is 1. The summed E-state index contributed by atoms with van der Waals surface area (Å²) in [6.45, 7) is 0. The number of nitrogens with zero attached hydrogens (tertiary/aromatic N) is 2.